The highest BCUT2D eigenvalue weighted by molar-refractivity contribution is 6.30. The van der Waals surface area contributed by atoms with E-state index in [1.54, 1.807) is 18.2 Å². The van der Waals surface area contributed by atoms with Gasteiger partial charge in [-0.25, -0.2) is 4.79 Å². The van der Waals surface area contributed by atoms with E-state index in [-0.39, 0.29) is 42.9 Å². The SMILES string of the molecule is O=C(O)/C=C/C/C=C\C[C@H]1[C@@H](OC2CCCCO2)CC(=O)[C@@H]1/C=C/[C@H](COc1cccc(Cl)c1)OC1CCCCO1. The first-order valence-electron chi connectivity index (χ1n) is 14.7. The van der Waals surface area contributed by atoms with E-state index in [1.807, 2.05) is 36.4 Å². The summed E-state index contributed by atoms with van der Waals surface area (Å²) in [6.45, 7) is 1.58. The maximum atomic E-state index is 13.3. The van der Waals surface area contributed by atoms with Crippen molar-refractivity contribution in [3.05, 3.63) is 65.7 Å². The number of carbonyl (C=O) groups excluding carboxylic acids is 1. The second kappa shape index (κ2) is 16.8. The molecule has 224 valence electrons. The van der Waals surface area contributed by atoms with Gasteiger partial charge in [0, 0.05) is 42.6 Å². The first kappa shape index (κ1) is 31.4. The molecule has 8 nitrogen and oxygen atoms in total. The van der Waals surface area contributed by atoms with Crippen LogP contribution in [0.15, 0.2) is 60.7 Å². The molecule has 0 radical (unpaired) electrons. The third-order valence-corrected chi connectivity index (χ3v) is 7.73. The van der Waals surface area contributed by atoms with Crippen LogP contribution in [0.1, 0.15) is 57.8 Å². The Balaban J connectivity index is 1.46. The second-order valence-corrected chi connectivity index (χ2v) is 11.1. The van der Waals surface area contributed by atoms with Crippen LogP contribution in [0.25, 0.3) is 0 Å². The maximum absolute atomic E-state index is 13.3. The molecule has 4 rings (SSSR count). The van der Waals surface area contributed by atoms with Crippen molar-refractivity contribution < 1.29 is 38.4 Å². The number of carbonyl (C=O) groups is 2. The number of hydrogen-bond acceptors (Lipinski definition) is 7. The number of carboxylic acids is 1. The minimum atomic E-state index is -0.972. The maximum Gasteiger partial charge on any atom is 0.327 e. The molecule has 0 amide bonds. The monoisotopic (exact) mass is 588 g/mol. The molecule has 1 aliphatic carbocycles. The number of aliphatic carboxylic acids is 1. The van der Waals surface area contributed by atoms with E-state index in [0.717, 1.165) is 44.6 Å². The molecular weight excluding hydrogens is 548 g/mol. The molecule has 2 aliphatic heterocycles. The van der Waals surface area contributed by atoms with Gasteiger partial charge in [-0.1, -0.05) is 48.0 Å². The van der Waals surface area contributed by atoms with E-state index < -0.39 is 12.1 Å². The molecule has 9 heteroatoms. The highest BCUT2D eigenvalue weighted by Gasteiger charge is 2.42. The number of carboxylic acid groups (broad SMARTS) is 1. The molecule has 1 saturated carbocycles. The summed E-state index contributed by atoms with van der Waals surface area (Å²) < 4.78 is 30.2. The van der Waals surface area contributed by atoms with Crippen LogP contribution in [-0.2, 0) is 28.5 Å². The number of benzene rings is 1. The summed E-state index contributed by atoms with van der Waals surface area (Å²) in [5.41, 5.74) is 0. The minimum absolute atomic E-state index is 0.0793. The van der Waals surface area contributed by atoms with Gasteiger partial charge in [-0.05, 0) is 69.6 Å². The summed E-state index contributed by atoms with van der Waals surface area (Å²) in [5, 5.41) is 9.39. The molecule has 6 atom stereocenters. The fourth-order valence-electron chi connectivity index (χ4n) is 5.40. The van der Waals surface area contributed by atoms with Crippen LogP contribution in [-0.4, -0.2) is 61.5 Å². The van der Waals surface area contributed by atoms with Gasteiger partial charge >= 0.3 is 5.97 Å². The van der Waals surface area contributed by atoms with Crippen molar-refractivity contribution >= 4 is 23.4 Å². The molecule has 0 bridgehead atoms. The van der Waals surface area contributed by atoms with Crippen molar-refractivity contribution in [2.75, 3.05) is 19.8 Å². The lowest BCUT2D eigenvalue weighted by molar-refractivity contribution is -0.195. The number of ketones is 1. The Hall–Kier alpha value is -2.49. The van der Waals surface area contributed by atoms with Gasteiger partial charge in [-0.15, -0.1) is 0 Å². The van der Waals surface area contributed by atoms with E-state index in [4.69, 9.17) is 40.4 Å². The Kier molecular flexibility index (Phi) is 12.9. The molecule has 1 aromatic rings. The number of halogens is 1. The highest BCUT2D eigenvalue weighted by atomic mass is 35.5. The van der Waals surface area contributed by atoms with Crippen molar-refractivity contribution in [3.63, 3.8) is 0 Å². The van der Waals surface area contributed by atoms with Gasteiger partial charge in [-0.3, -0.25) is 4.79 Å². The quantitative estimate of drug-likeness (QED) is 0.200. The van der Waals surface area contributed by atoms with Crippen LogP contribution in [0.2, 0.25) is 5.02 Å². The first-order chi connectivity index (χ1) is 20.0. The number of allylic oxidation sites excluding steroid dienone is 4. The van der Waals surface area contributed by atoms with Gasteiger partial charge in [0.2, 0.25) is 0 Å². The lowest BCUT2D eigenvalue weighted by atomic mass is 9.90. The Labute approximate surface area is 247 Å². The minimum Gasteiger partial charge on any atom is -0.490 e. The normalized spacial score (nSPS) is 28.1. The smallest absolute Gasteiger partial charge is 0.327 e. The Morgan fingerprint density at radius 1 is 1.07 bits per heavy atom. The third-order valence-electron chi connectivity index (χ3n) is 7.49. The molecular formula is C32H41ClO8. The summed E-state index contributed by atoms with van der Waals surface area (Å²) in [7, 11) is 0. The Morgan fingerprint density at radius 2 is 1.85 bits per heavy atom. The summed E-state index contributed by atoms with van der Waals surface area (Å²) in [6, 6.07) is 7.21. The van der Waals surface area contributed by atoms with Crippen molar-refractivity contribution in [3.8, 4) is 5.75 Å². The molecule has 0 spiro atoms. The van der Waals surface area contributed by atoms with Crippen molar-refractivity contribution in [1.29, 1.82) is 0 Å². The number of hydrogen-bond donors (Lipinski definition) is 1. The van der Waals surface area contributed by atoms with Gasteiger partial charge in [0.25, 0.3) is 0 Å². The average Bonchev–Trinajstić information content (AvgIpc) is 3.26. The number of Topliss-reactive ketones (excluding diaryl/α,β-unsaturated/α-hetero) is 1. The van der Waals surface area contributed by atoms with E-state index in [9.17, 15) is 9.59 Å². The molecule has 3 aliphatic rings. The predicted octanol–water partition coefficient (Wildman–Crippen LogP) is 6.28. The van der Waals surface area contributed by atoms with Gasteiger partial charge in [-0.2, -0.15) is 0 Å². The number of ether oxygens (including phenoxy) is 5. The summed E-state index contributed by atoms with van der Waals surface area (Å²) >= 11 is 6.12. The second-order valence-electron chi connectivity index (χ2n) is 10.6. The Morgan fingerprint density at radius 3 is 2.56 bits per heavy atom. The molecule has 41 heavy (non-hydrogen) atoms. The van der Waals surface area contributed by atoms with Crippen LogP contribution in [0.4, 0.5) is 0 Å². The third kappa shape index (κ3) is 10.7. The van der Waals surface area contributed by atoms with Crippen molar-refractivity contribution in [2.24, 2.45) is 11.8 Å². The topological polar surface area (TPSA) is 101 Å². The average molecular weight is 589 g/mol. The standard InChI is InChI=1S/C32H41ClO8/c33-23-10-9-11-24(20-23)39-22-25(40-31-14-5-7-18-37-31)16-17-26-27(12-3-1-2-4-13-30(35)36)29(21-28(26)34)41-32-15-6-8-19-38-32/h1,3-4,9-11,13,16-17,20,25-27,29,31-32H,2,5-8,12,14-15,18-19,21-22H2,(H,35,36)/b3-1-,13-4+,17-16+/t25-,26-,27-,29+,31?,32?/m1/s1. The molecule has 2 saturated heterocycles. The van der Waals surface area contributed by atoms with Crippen LogP contribution >= 0.6 is 11.6 Å². The first-order valence-corrected chi connectivity index (χ1v) is 15.0. The largest absolute Gasteiger partial charge is 0.490 e. The zero-order valence-electron chi connectivity index (χ0n) is 23.4. The lowest BCUT2D eigenvalue weighted by Crippen LogP contribution is -2.31. The van der Waals surface area contributed by atoms with Crippen LogP contribution in [0.5, 0.6) is 5.75 Å². The van der Waals surface area contributed by atoms with E-state index in [2.05, 4.69) is 0 Å². The van der Waals surface area contributed by atoms with Gasteiger partial charge in [0.15, 0.2) is 12.6 Å². The van der Waals surface area contributed by atoms with E-state index in [0.29, 0.717) is 43.2 Å². The van der Waals surface area contributed by atoms with Crippen LogP contribution in [0.3, 0.4) is 0 Å². The summed E-state index contributed by atoms with van der Waals surface area (Å²) in [5.74, 6) is -0.644. The highest BCUT2D eigenvalue weighted by Crippen LogP contribution is 2.37. The zero-order valence-corrected chi connectivity index (χ0v) is 24.2. The van der Waals surface area contributed by atoms with Crippen molar-refractivity contribution in [1.82, 2.24) is 0 Å². The molecule has 1 aromatic carbocycles. The molecule has 2 unspecified atom stereocenters. The summed E-state index contributed by atoms with van der Waals surface area (Å²) in [4.78, 5) is 24.0. The van der Waals surface area contributed by atoms with Crippen molar-refractivity contribution in [2.45, 2.75) is 82.6 Å². The lowest BCUT2D eigenvalue weighted by Gasteiger charge is -2.29. The molecule has 3 fully saturated rings. The Bertz CT molecular complexity index is 1060. The zero-order chi connectivity index (χ0) is 28.9. The fraction of sp³-hybridized carbons (Fsp3) is 0.562. The van der Waals surface area contributed by atoms with Gasteiger partial charge in [0.1, 0.15) is 24.2 Å². The van der Waals surface area contributed by atoms with Gasteiger partial charge < -0.3 is 28.8 Å². The fourth-order valence-corrected chi connectivity index (χ4v) is 5.58. The predicted molar refractivity (Wildman–Crippen MR) is 155 cm³/mol. The van der Waals surface area contributed by atoms with Crippen LogP contribution in [0, 0.1) is 11.8 Å². The molecule has 1 N–H and O–H groups in total. The number of rotatable bonds is 14. The van der Waals surface area contributed by atoms with E-state index >= 15 is 0 Å². The van der Waals surface area contributed by atoms with Crippen LogP contribution < -0.4 is 4.74 Å². The van der Waals surface area contributed by atoms with Gasteiger partial charge in [0.05, 0.1) is 6.10 Å². The molecule has 2 heterocycles. The summed E-state index contributed by atoms with van der Waals surface area (Å²) in [6.07, 6.45) is 16.4. The molecule has 0 aromatic heterocycles. The van der Waals surface area contributed by atoms with E-state index in [1.165, 1.54) is 0 Å².